The number of hydrogen-bond acceptors (Lipinski definition) is 4. The Labute approximate surface area is 163 Å². The molecule has 0 bridgehead atoms. The number of anilines is 1. The topological polar surface area (TPSA) is 62.7 Å². The predicted molar refractivity (Wildman–Crippen MR) is 103 cm³/mol. The molecule has 1 aromatic rings. The SMILES string of the molecule is C=CC(=O)N(CCO)c1cc(/C=C/C2CCCCC2)c(OC)cn1.FC(F)F. The molecule has 0 unspecified atom stereocenters. The van der Waals surface area contributed by atoms with E-state index in [1.54, 1.807) is 13.3 Å². The van der Waals surface area contributed by atoms with Crippen molar-refractivity contribution < 1.29 is 27.8 Å². The molecule has 2 rings (SSSR count). The number of nitrogens with zero attached hydrogens (tertiary/aromatic N) is 2. The molecule has 0 spiro atoms. The van der Waals surface area contributed by atoms with Gasteiger partial charge in [-0.2, -0.15) is 13.2 Å². The highest BCUT2D eigenvalue weighted by Crippen LogP contribution is 2.28. The quantitative estimate of drug-likeness (QED) is 0.691. The maximum atomic E-state index is 12.0. The Hall–Kier alpha value is -2.35. The molecule has 8 heteroatoms. The molecule has 28 heavy (non-hydrogen) atoms. The zero-order chi connectivity index (χ0) is 20.9. The first-order chi connectivity index (χ1) is 13.4. The van der Waals surface area contributed by atoms with Gasteiger partial charge in [0.05, 0.1) is 26.5 Å². The molecule has 1 N–H and O–H groups in total. The Morgan fingerprint density at radius 2 is 2.04 bits per heavy atom. The molecule has 0 aromatic carbocycles. The first-order valence-electron chi connectivity index (χ1n) is 9.12. The van der Waals surface area contributed by atoms with E-state index in [2.05, 4.69) is 23.7 Å². The first-order valence-corrected chi connectivity index (χ1v) is 9.12. The van der Waals surface area contributed by atoms with E-state index in [9.17, 15) is 23.1 Å². The summed E-state index contributed by atoms with van der Waals surface area (Å²) in [5, 5.41) is 9.19. The number of carbonyl (C=O) groups is 1. The van der Waals surface area contributed by atoms with Crippen LogP contribution in [0.4, 0.5) is 19.0 Å². The average Bonchev–Trinajstić information content (AvgIpc) is 2.70. The second-order valence-corrected chi connectivity index (χ2v) is 6.21. The van der Waals surface area contributed by atoms with Crippen molar-refractivity contribution in [2.75, 3.05) is 25.2 Å². The van der Waals surface area contributed by atoms with Crippen LogP contribution < -0.4 is 9.64 Å². The average molecular weight is 400 g/mol. The number of amides is 1. The maximum Gasteiger partial charge on any atom is 0.379 e. The standard InChI is InChI=1S/C19H26N2O3.CHF3/c1-3-19(23)21(11-12-22)18-13-16(17(24-2)14-20-18)10-9-15-7-5-4-6-8-15;2-1(3)4/h3,9-10,13-15,22H,1,4-8,11-12H2,2H3;1H/b10-9+;. The molecule has 1 aliphatic rings. The smallest absolute Gasteiger partial charge is 0.379 e. The van der Waals surface area contributed by atoms with E-state index >= 15 is 0 Å². The summed E-state index contributed by atoms with van der Waals surface area (Å²) in [6.07, 6.45) is 13.5. The Kier molecular flexibility index (Phi) is 10.9. The van der Waals surface area contributed by atoms with Gasteiger partial charge in [0.2, 0.25) is 0 Å². The third-order valence-electron chi connectivity index (χ3n) is 4.34. The van der Waals surface area contributed by atoms with Crippen molar-refractivity contribution >= 4 is 17.8 Å². The fourth-order valence-electron chi connectivity index (χ4n) is 3.01. The number of ether oxygens (including phenoxy) is 1. The normalized spacial score (nSPS) is 14.5. The Balaban J connectivity index is 0.000000892. The fourth-order valence-corrected chi connectivity index (χ4v) is 3.01. The van der Waals surface area contributed by atoms with Gasteiger partial charge in [-0.05, 0) is 30.9 Å². The van der Waals surface area contributed by atoms with Gasteiger partial charge in [0.25, 0.3) is 5.91 Å². The summed E-state index contributed by atoms with van der Waals surface area (Å²) < 4.78 is 34.4. The molecule has 156 valence electrons. The van der Waals surface area contributed by atoms with Gasteiger partial charge >= 0.3 is 6.68 Å². The van der Waals surface area contributed by atoms with Crippen molar-refractivity contribution in [3.8, 4) is 5.75 Å². The number of allylic oxidation sites excluding steroid dienone is 1. The van der Waals surface area contributed by atoms with Gasteiger partial charge in [0.1, 0.15) is 11.6 Å². The van der Waals surface area contributed by atoms with Crippen molar-refractivity contribution in [1.29, 1.82) is 0 Å². The Bertz CT molecular complexity index is 645. The van der Waals surface area contributed by atoms with E-state index in [1.165, 1.54) is 43.1 Å². The Morgan fingerprint density at radius 3 is 2.57 bits per heavy atom. The monoisotopic (exact) mass is 400 g/mol. The summed E-state index contributed by atoms with van der Waals surface area (Å²) in [7, 11) is 1.61. The summed E-state index contributed by atoms with van der Waals surface area (Å²) >= 11 is 0. The predicted octanol–water partition coefficient (Wildman–Crippen LogP) is 4.37. The van der Waals surface area contributed by atoms with E-state index in [4.69, 9.17) is 4.74 Å². The molecule has 1 fully saturated rings. The molecule has 1 aromatic heterocycles. The lowest BCUT2D eigenvalue weighted by Crippen LogP contribution is -2.32. The molecule has 1 heterocycles. The van der Waals surface area contributed by atoms with Crippen LogP contribution in [-0.4, -0.2) is 42.9 Å². The highest BCUT2D eigenvalue weighted by molar-refractivity contribution is 6.00. The molecule has 1 saturated carbocycles. The highest BCUT2D eigenvalue weighted by Gasteiger charge is 2.16. The minimum Gasteiger partial charge on any atom is -0.495 e. The number of aliphatic hydroxyl groups is 1. The zero-order valence-electron chi connectivity index (χ0n) is 16.0. The third kappa shape index (κ3) is 8.12. The number of carbonyl (C=O) groups excluding carboxylic acids is 1. The third-order valence-corrected chi connectivity index (χ3v) is 4.34. The van der Waals surface area contributed by atoms with Gasteiger partial charge in [0.15, 0.2) is 0 Å². The highest BCUT2D eigenvalue weighted by atomic mass is 19.4. The molecule has 0 saturated heterocycles. The molecule has 0 atom stereocenters. The van der Waals surface area contributed by atoms with Crippen LogP contribution >= 0.6 is 0 Å². The Morgan fingerprint density at radius 1 is 1.39 bits per heavy atom. The van der Waals surface area contributed by atoms with E-state index in [-0.39, 0.29) is 19.1 Å². The van der Waals surface area contributed by atoms with Crippen LogP contribution in [0.2, 0.25) is 0 Å². The lowest BCUT2D eigenvalue weighted by atomic mass is 9.89. The van der Waals surface area contributed by atoms with Crippen molar-refractivity contribution in [1.82, 2.24) is 4.98 Å². The minimum absolute atomic E-state index is 0.138. The summed E-state index contributed by atoms with van der Waals surface area (Å²) in [6.45, 7) is -0.125. The maximum absolute atomic E-state index is 12.0. The number of hydrogen-bond donors (Lipinski definition) is 1. The summed E-state index contributed by atoms with van der Waals surface area (Å²) in [5.41, 5.74) is 0.882. The van der Waals surface area contributed by atoms with Crippen molar-refractivity contribution in [2.24, 2.45) is 5.92 Å². The van der Waals surface area contributed by atoms with E-state index in [0.29, 0.717) is 17.5 Å². The minimum atomic E-state index is -3.67. The summed E-state index contributed by atoms with van der Waals surface area (Å²) in [4.78, 5) is 17.7. The number of pyridine rings is 1. The van der Waals surface area contributed by atoms with Gasteiger partial charge < -0.3 is 9.84 Å². The number of halogens is 3. The molecular weight excluding hydrogens is 373 g/mol. The van der Waals surface area contributed by atoms with Crippen LogP contribution in [0.3, 0.4) is 0 Å². The van der Waals surface area contributed by atoms with Crippen molar-refractivity contribution in [3.63, 3.8) is 0 Å². The molecule has 0 radical (unpaired) electrons. The van der Waals surface area contributed by atoms with Crippen LogP contribution in [0.1, 0.15) is 37.7 Å². The van der Waals surface area contributed by atoms with Crippen LogP contribution in [0.5, 0.6) is 5.75 Å². The van der Waals surface area contributed by atoms with Gasteiger partial charge in [0, 0.05) is 5.56 Å². The lowest BCUT2D eigenvalue weighted by Gasteiger charge is -2.20. The first kappa shape index (κ1) is 23.7. The summed E-state index contributed by atoms with van der Waals surface area (Å²) in [5.74, 6) is 1.46. The number of methoxy groups -OCH3 is 1. The van der Waals surface area contributed by atoms with Gasteiger partial charge in [-0.3, -0.25) is 9.69 Å². The molecular formula is C20H27F3N2O3. The zero-order valence-corrected chi connectivity index (χ0v) is 16.0. The largest absolute Gasteiger partial charge is 0.495 e. The van der Waals surface area contributed by atoms with Crippen LogP contribution in [-0.2, 0) is 4.79 Å². The van der Waals surface area contributed by atoms with Crippen molar-refractivity contribution in [3.05, 3.63) is 36.6 Å². The van der Waals surface area contributed by atoms with E-state index < -0.39 is 6.68 Å². The molecule has 1 aliphatic carbocycles. The van der Waals surface area contributed by atoms with Crippen molar-refractivity contribution in [2.45, 2.75) is 38.8 Å². The number of alkyl halides is 3. The summed E-state index contributed by atoms with van der Waals surface area (Å²) in [6, 6.07) is 1.81. The fraction of sp³-hybridized carbons (Fsp3) is 0.500. The van der Waals surface area contributed by atoms with Crippen LogP contribution in [0.15, 0.2) is 31.0 Å². The van der Waals surface area contributed by atoms with Crippen LogP contribution in [0, 0.1) is 5.92 Å². The van der Waals surface area contributed by atoms with E-state index in [1.807, 2.05) is 6.07 Å². The number of aromatic nitrogens is 1. The molecule has 1 amide bonds. The van der Waals surface area contributed by atoms with Gasteiger partial charge in [-0.25, -0.2) is 4.98 Å². The van der Waals surface area contributed by atoms with E-state index in [0.717, 1.165) is 5.56 Å². The number of aliphatic hydroxyl groups excluding tert-OH is 1. The van der Waals surface area contributed by atoms with Gasteiger partial charge in [-0.15, -0.1) is 0 Å². The lowest BCUT2D eigenvalue weighted by molar-refractivity contribution is -0.114. The molecule has 5 nitrogen and oxygen atoms in total. The van der Waals surface area contributed by atoms with Gasteiger partial charge in [-0.1, -0.05) is 38.0 Å². The molecule has 0 aliphatic heterocycles. The second-order valence-electron chi connectivity index (χ2n) is 6.21. The number of rotatable bonds is 7. The second kappa shape index (κ2) is 12.9. The van der Waals surface area contributed by atoms with Crippen LogP contribution in [0.25, 0.3) is 6.08 Å².